The molecule has 0 amide bonds. The molecule has 3 nitrogen and oxygen atoms in total. The molecule has 0 aliphatic carbocycles. The Morgan fingerprint density at radius 2 is 2.23 bits per heavy atom. The standard InChI is InChI=1S/C6H7F3N2OS/c7-6(8,9)5-11-3(2-13-5)4(12)1-10/h2,4,12H,1,10H2. The lowest BCUT2D eigenvalue weighted by atomic mass is 10.3. The van der Waals surface area contributed by atoms with Crippen molar-refractivity contribution in [3.05, 3.63) is 16.1 Å². The molecule has 1 rings (SSSR count). The second-order valence-corrected chi connectivity index (χ2v) is 3.18. The molecule has 74 valence electrons. The molecule has 1 heterocycles. The highest BCUT2D eigenvalue weighted by atomic mass is 32.1. The zero-order valence-corrected chi connectivity index (χ0v) is 7.19. The first-order chi connectivity index (χ1) is 5.95. The van der Waals surface area contributed by atoms with Crippen molar-refractivity contribution in [1.82, 2.24) is 4.98 Å². The predicted molar refractivity (Wildman–Crippen MR) is 41.1 cm³/mol. The van der Waals surface area contributed by atoms with Crippen molar-refractivity contribution in [2.45, 2.75) is 12.3 Å². The van der Waals surface area contributed by atoms with E-state index in [1.54, 1.807) is 0 Å². The smallest absolute Gasteiger partial charge is 0.385 e. The van der Waals surface area contributed by atoms with E-state index in [2.05, 4.69) is 4.98 Å². The van der Waals surface area contributed by atoms with Gasteiger partial charge in [0.25, 0.3) is 0 Å². The monoisotopic (exact) mass is 212 g/mol. The van der Waals surface area contributed by atoms with Crippen LogP contribution >= 0.6 is 11.3 Å². The molecule has 0 saturated carbocycles. The van der Waals surface area contributed by atoms with E-state index >= 15 is 0 Å². The SMILES string of the molecule is NCC(O)c1csc(C(F)(F)F)n1. The van der Waals surface area contributed by atoms with Gasteiger partial charge in [0, 0.05) is 11.9 Å². The van der Waals surface area contributed by atoms with E-state index in [0.29, 0.717) is 11.3 Å². The summed E-state index contributed by atoms with van der Waals surface area (Å²) >= 11 is 0.449. The van der Waals surface area contributed by atoms with Crippen molar-refractivity contribution in [2.75, 3.05) is 6.54 Å². The van der Waals surface area contributed by atoms with Crippen LogP contribution in [0.3, 0.4) is 0 Å². The van der Waals surface area contributed by atoms with Crippen LogP contribution in [0.15, 0.2) is 5.38 Å². The fraction of sp³-hybridized carbons (Fsp3) is 0.500. The topological polar surface area (TPSA) is 59.1 Å². The second kappa shape index (κ2) is 3.60. The Morgan fingerprint density at radius 1 is 1.62 bits per heavy atom. The van der Waals surface area contributed by atoms with Gasteiger partial charge in [0.15, 0.2) is 5.01 Å². The normalized spacial score (nSPS) is 14.5. The molecule has 0 radical (unpaired) electrons. The molecule has 0 aliphatic rings. The molecule has 0 aliphatic heterocycles. The van der Waals surface area contributed by atoms with Crippen molar-refractivity contribution in [2.24, 2.45) is 5.73 Å². The number of halogens is 3. The van der Waals surface area contributed by atoms with E-state index in [-0.39, 0.29) is 12.2 Å². The fourth-order valence-corrected chi connectivity index (χ4v) is 1.42. The van der Waals surface area contributed by atoms with E-state index in [4.69, 9.17) is 10.8 Å². The second-order valence-electron chi connectivity index (χ2n) is 2.33. The van der Waals surface area contributed by atoms with Gasteiger partial charge in [-0.1, -0.05) is 0 Å². The van der Waals surface area contributed by atoms with Crippen molar-refractivity contribution in [3.8, 4) is 0 Å². The highest BCUT2D eigenvalue weighted by Gasteiger charge is 2.34. The predicted octanol–water partition coefficient (Wildman–Crippen LogP) is 1.15. The maximum atomic E-state index is 12.0. The van der Waals surface area contributed by atoms with Crippen LogP contribution in [0.5, 0.6) is 0 Å². The molecular formula is C6H7F3N2OS. The summed E-state index contributed by atoms with van der Waals surface area (Å²) in [5.41, 5.74) is 5.03. The summed E-state index contributed by atoms with van der Waals surface area (Å²) in [7, 11) is 0. The van der Waals surface area contributed by atoms with Crippen LogP contribution in [0.25, 0.3) is 0 Å². The van der Waals surface area contributed by atoms with Crippen LogP contribution in [-0.4, -0.2) is 16.6 Å². The Labute approximate surface area is 76.0 Å². The summed E-state index contributed by atoms with van der Waals surface area (Å²) in [5.74, 6) is 0. The van der Waals surface area contributed by atoms with Gasteiger partial charge in [-0.25, -0.2) is 4.98 Å². The highest BCUT2D eigenvalue weighted by Crippen LogP contribution is 2.32. The number of aromatic nitrogens is 1. The lowest BCUT2D eigenvalue weighted by Crippen LogP contribution is -2.12. The fourth-order valence-electron chi connectivity index (χ4n) is 0.690. The molecule has 0 saturated heterocycles. The number of alkyl halides is 3. The zero-order chi connectivity index (χ0) is 10.1. The third kappa shape index (κ3) is 2.39. The first-order valence-electron chi connectivity index (χ1n) is 3.36. The Bertz CT molecular complexity index is 286. The van der Waals surface area contributed by atoms with Gasteiger partial charge in [0.2, 0.25) is 0 Å². The number of nitrogens with zero attached hydrogens (tertiary/aromatic N) is 1. The van der Waals surface area contributed by atoms with E-state index in [9.17, 15) is 13.2 Å². The molecule has 0 spiro atoms. The van der Waals surface area contributed by atoms with Crippen molar-refractivity contribution >= 4 is 11.3 Å². The summed E-state index contributed by atoms with van der Waals surface area (Å²) in [6, 6.07) is 0. The minimum absolute atomic E-state index is 0.0279. The number of hydrogen-bond donors (Lipinski definition) is 2. The Hall–Kier alpha value is -0.660. The van der Waals surface area contributed by atoms with E-state index < -0.39 is 17.3 Å². The van der Waals surface area contributed by atoms with Gasteiger partial charge < -0.3 is 10.8 Å². The van der Waals surface area contributed by atoms with Crippen molar-refractivity contribution in [1.29, 1.82) is 0 Å². The Balaban J connectivity index is 2.87. The Kier molecular flexibility index (Phi) is 2.89. The average Bonchev–Trinajstić information content (AvgIpc) is 2.50. The minimum Gasteiger partial charge on any atom is -0.385 e. The van der Waals surface area contributed by atoms with Gasteiger partial charge in [0.1, 0.15) is 6.10 Å². The van der Waals surface area contributed by atoms with Gasteiger partial charge in [-0.3, -0.25) is 0 Å². The number of aliphatic hydroxyl groups is 1. The molecule has 1 unspecified atom stereocenters. The van der Waals surface area contributed by atoms with Crippen molar-refractivity contribution < 1.29 is 18.3 Å². The maximum absolute atomic E-state index is 12.0. The average molecular weight is 212 g/mol. The molecule has 0 aromatic carbocycles. The minimum atomic E-state index is -4.45. The zero-order valence-electron chi connectivity index (χ0n) is 6.38. The summed E-state index contributed by atoms with van der Waals surface area (Å²) < 4.78 is 36.0. The molecule has 1 aromatic rings. The number of rotatable bonds is 2. The van der Waals surface area contributed by atoms with E-state index in [0.717, 1.165) is 5.38 Å². The molecule has 3 N–H and O–H groups in total. The number of thiazole rings is 1. The van der Waals surface area contributed by atoms with E-state index in [1.807, 2.05) is 0 Å². The largest absolute Gasteiger partial charge is 0.443 e. The van der Waals surface area contributed by atoms with Crippen LogP contribution in [0.2, 0.25) is 0 Å². The van der Waals surface area contributed by atoms with E-state index in [1.165, 1.54) is 0 Å². The van der Waals surface area contributed by atoms with Gasteiger partial charge in [-0.2, -0.15) is 13.2 Å². The Morgan fingerprint density at radius 3 is 2.62 bits per heavy atom. The van der Waals surface area contributed by atoms with Gasteiger partial charge in [0.05, 0.1) is 5.69 Å². The van der Waals surface area contributed by atoms with Gasteiger partial charge in [-0.05, 0) is 0 Å². The first kappa shape index (κ1) is 10.4. The van der Waals surface area contributed by atoms with Crippen LogP contribution < -0.4 is 5.73 Å². The summed E-state index contributed by atoms with van der Waals surface area (Å²) in [6.07, 6.45) is -5.57. The van der Waals surface area contributed by atoms with Crippen molar-refractivity contribution in [3.63, 3.8) is 0 Å². The first-order valence-corrected chi connectivity index (χ1v) is 4.24. The molecule has 13 heavy (non-hydrogen) atoms. The molecule has 7 heteroatoms. The summed E-state index contributed by atoms with van der Waals surface area (Å²) in [4.78, 5) is 3.22. The molecule has 0 bridgehead atoms. The quantitative estimate of drug-likeness (QED) is 0.773. The number of hydrogen-bond acceptors (Lipinski definition) is 4. The molecule has 0 fully saturated rings. The lowest BCUT2D eigenvalue weighted by molar-refractivity contribution is -0.137. The maximum Gasteiger partial charge on any atom is 0.443 e. The van der Waals surface area contributed by atoms with Crippen LogP contribution in [0.4, 0.5) is 13.2 Å². The highest BCUT2D eigenvalue weighted by molar-refractivity contribution is 7.09. The number of aliphatic hydroxyl groups excluding tert-OH is 1. The van der Waals surface area contributed by atoms with Crippen LogP contribution in [-0.2, 0) is 6.18 Å². The number of nitrogens with two attached hydrogens (primary N) is 1. The van der Waals surface area contributed by atoms with Gasteiger partial charge in [-0.15, -0.1) is 11.3 Å². The summed E-state index contributed by atoms with van der Waals surface area (Å²) in [6.45, 7) is -0.138. The molecule has 1 atom stereocenters. The third-order valence-electron chi connectivity index (χ3n) is 1.33. The lowest BCUT2D eigenvalue weighted by Gasteiger charge is -2.03. The van der Waals surface area contributed by atoms with Gasteiger partial charge >= 0.3 is 6.18 Å². The molecular weight excluding hydrogens is 205 g/mol. The third-order valence-corrected chi connectivity index (χ3v) is 2.23. The summed E-state index contributed by atoms with van der Waals surface area (Å²) in [5, 5.41) is 9.25. The molecule has 1 aromatic heterocycles. The van der Waals surface area contributed by atoms with Crippen LogP contribution in [0.1, 0.15) is 16.8 Å². The van der Waals surface area contributed by atoms with Crippen LogP contribution in [0, 0.1) is 0 Å².